The van der Waals surface area contributed by atoms with Gasteiger partial charge in [-0.3, -0.25) is 0 Å². The number of phenols is 1. The summed E-state index contributed by atoms with van der Waals surface area (Å²) in [5, 5.41) is 9.80. The Labute approximate surface area is 159 Å². The summed E-state index contributed by atoms with van der Waals surface area (Å²) >= 11 is 12.2. The molecule has 0 spiro atoms. The Morgan fingerprint density at radius 2 is 1.73 bits per heavy atom. The van der Waals surface area contributed by atoms with Gasteiger partial charge in [-0.15, -0.1) is 0 Å². The number of ether oxygens (including phenoxy) is 3. The number of rotatable bonds is 1. The molecule has 0 saturated heterocycles. The molecule has 0 unspecified atom stereocenters. The normalized spacial score (nSPS) is 12.5. The van der Waals surface area contributed by atoms with Gasteiger partial charge in [0.1, 0.15) is 10.6 Å². The first-order chi connectivity index (χ1) is 12.2. The molecule has 0 saturated carbocycles. The number of aromatic hydroxyl groups is 1. The zero-order valence-corrected chi connectivity index (χ0v) is 15.8. The molecule has 6 nitrogen and oxygen atoms in total. The van der Waals surface area contributed by atoms with Gasteiger partial charge in [-0.1, -0.05) is 23.2 Å². The second-order valence-corrected chi connectivity index (χ2v) is 6.57. The molecule has 2 aromatic rings. The third kappa shape index (κ3) is 2.57. The smallest absolute Gasteiger partial charge is 0.347 e. The minimum absolute atomic E-state index is 0.00525. The first kappa shape index (κ1) is 18.4. The van der Waals surface area contributed by atoms with Crippen LogP contribution in [0.3, 0.4) is 0 Å². The molecular formula is C18H14Cl2O6. The lowest BCUT2D eigenvalue weighted by Crippen LogP contribution is -2.11. The van der Waals surface area contributed by atoms with E-state index in [4.69, 9.17) is 37.4 Å². The van der Waals surface area contributed by atoms with E-state index in [1.54, 1.807) is 13.8 Å². The van der Waals surface area contributed by atoms with E-state index in [0.29, 0.717) is 11.1 Å². The molecule has 136 valence electrons. The maximum atomic E-state index is 12.6. The van der Waals surface area contributed by atoms with Gasteiger partial charge in [0, 0.05) is 5.56 Å². The molecule has 0 aromatic heterocycles. The highest BCUT2D eigenvalue weighted by Crippen LogP contribution is 2.50. The van der Waals surface area contributed by atoms with Gasteiger partial charge in [0.2, 0.25) is 0 Å². The van der Waals surface area contributed by atoms with Gasteiger partial charge in [0.05, 0.1) is 17.7 Å². The Morgan fingerprint density at radius 1 is 1.08 bits per heavy atom. The number of benzene rings is 2. The van der Waals surface area contributed by atoms with Gasteiger partial charge in [0.25, 0.3) is 0 Å². The van der Waals surface area contributed by atoms with Crippen molar-refractivity contribution in [2.45, 2.75) is 20.8 Å². The molecule has 1 heterocycles. The maximum absolute atomic E-state index is 12.6. The molecule has 0 amide bonds. The molecule has 0 radical (unpaired) electrons. The van der Waals surface area contributed by atoms with E-state index in [9.17, 15) is 14.7 Å². The number of carbonyl (C=O) groups excluding carboxylic acids is 2. The van der Waals surface area contributed by atoms with Crippen LogP contribution in [0.1, 0.15) is 37.4 Å². The molecule has 1 aliphatic rings. The Bertz CT molecular complexity index is 981. The molecule has 0 fully saturated rings. The minimum atomic E-state index is -0.732. The summed E-state index contributed by atoms with van der Waals surface area (Å²) in [6, 6.07) is 1.50. The molecule has 1 aliphatic heterocycles. The summed E-state index contributed by atoms with van der Waals surface area (Å²) in [4.78, 5) is 24.7. The van der Waals surface area contributed by atoms with Crippen molar-refractivity contribution >= 4 is 35.1 Å². The van der Waals surface area contributed by atoms with E-state index in [1.807, 2.05) is 0 Å². The van der Waals surface area contributed by atoms with Crippen LogP contribution in [0.5, 0.6) is 23.0 Å². The second-order valence-electron chi connectivity index (χ2n) is 5.81. The number of carbonyl (C=O) groups is 2. The summed E-state index contributed by atoms with van der Waals surface area (Å²) < 4.78 is 16.1. The lowest BCUT2D eigenvalue weighted by Gasteiger charge is -2.16. The molecule has 0 bridgehead atoms. The average molecular weight is 397 g/mol. The van der Waals surface area contributed by atoms with E-state index in [0.717, 1.165) is 0 Å². The standard InChI is InChI=1S/C18H14Cl2O6/c1-6-5-9-15(8(3)10(6)17(22)24-4)26-16-11(18(23)25-9)7(2)12(19)14(21)13(16)20/h5,21H,1-4H3. The maximum Gasteiger partial charge on any atom is 0.347 e. The van der Waals surface area contributed by atoms with Crippen molar-refractivity contribution < 1.29 is 28.9 Å². The van der Waals surface area contributed by atoms with Crippen LogP contribution in [-0.2, 0) is 4.74 Å². The van der Waals surface area contributed by atoms with Crippen LogP contribution in [0, 0.1) is 20.8 Å². The number of hydrogen-bond donors (Lipinski definition) is 1. The quantitative estimate of drug-likeness (QED) is 0.553. The SMILES string of the molecule is COC(=O)c1c(C)cc2c(c1C)Oc1c(Cl)c(O)c(Cl)c(C)c1C(=O)O2. The highest BCUT2D eigenvalue weighted by atomic mass is 35.5. The number of hydrogen-bond acceptors (Lipinski definition) is 6. The van der Waals surface area contributed by atoms with E-state index in [2.05, 4.69) is 0 Å². The molecule has 0 atom stereocenters. The largest absolute Gasteiger partial charge is 0.505 e. The van der Waals surface area contributed by atoms with Gasteiger partial charge >= 0.3 is 11.9 Å². The van der Waals surface area contributed by atoms with Crippen molar-refractivity contribution in [1.82, 2.24) is 0 Å². The van der Waals surface area contributed by atoms with Crippen LogP contribution in [0.4, 0.5) is 0 Å². The zero-order valence-electron chi connectivity index (χ0n) is 14.3. The lowest BCUT2D eigenvalue weighted by molar-refractivity contribution is 0.0598. The Balaban J connectivity index is 2.33. The predicted molar refractivity (Wildman–Crippen MR) is 95.2 cm³/mol. The Morgan fingerprint density at radius 3 is 2.35 bits per heavy atom. The fourth-order valence-electron chi connectivity index (χ4n) is 2.91. The van der Waals surface area contributed by atoms with Crippen LogP contribution in [0.2, 0.25) is 10.0 Å². The summed E-state index contributed by atoms with van der Waals surface area (Å²) in [5.74, 6) is -1.52. The molecule has 8 heteroatoms. The van der Waals surface area contributed by atoms with Gasteiger partial charge in [0.15, 0.2) is 23.0 Å². The van der Waals surface area contributed by atoms with Crippen molar-refractivity contribution in [2.75, 3.05) is 7.11 Å². The first-order valence-corrected chi connectivity index (χ1v) is 8.27. The van der Waals surface area contributed by atoms with Gasteiger partial charge in [-0.2, -0.15) is 0 Å². The Kier molecular flexibility index (Phi) is 4.50. The van der Waals surface area contributed by atoms with Crippen molar-refractivity contribution in [2.24, 2.45) is 0 Å². The molecule has 26 heavy (non-hydrogen) atoms. The summed E-state index contributed by atoms with van der Waals surface area (Å²) in [5.41, 5.74) is 1.53. The average Bonchev–Trinajstić information content (AvgIpc) is 2.74. The van der Waals surface area contributed by atoms with Crippen molar-refractivity contribution in [1.29, 1.82) is 0 Å². The summed E-state index contributed by atoms with van der Waals surface area (Å²) in [6.45, 7) is 4.86. The van der Waals surface area contributed by atoms with Gasteiger partial charge in [-0.05, 0) is 38.0 Å². The molecule has 3 rings (SSSR count). The van der Waals surface area contributed by atoms with Crippen molar-refractivity contribution in [3.63, 3.8) is 0 Å². The van der Waals surface area contributed by atoms with Crippen LogP contribution >= 0.6 is 23.2 Å². The third-order valence-corrected chi connectivity index (χ3v) is 5.04. The minimum Gasteiger partial charge on any atom is -0.505 e. The predicted octanol–water partition coefficient (Wildman–Crippen LogP) is 4.74. The van der Waals surface area contributed by atoms with Gasteiger partial charge in [-0.25, -0.2) is 9.59 Å². The topological polar surface area (TPSA) is 82.1 Å². The third-order valence-electron chi connectivity index (χ3n) is 4.23. The van der Waals surface area contributed by atoms with E-state index < -0.39 is 17.7 Å². The number of aryl methyl sites for hydroxylation is 1. The molecule has 1 N–H and O–H groups in total. The lowest BCUT2D eigenvalue weighted by atomic mass is 10.0. The van der Waals surface area contributed by atoms with E-state index >= 15 is 0 Å². The summed E-state index contributed by atoms with van der Waals surface area (Å²) in [7, 11) is 1.27. The van der Waals surface area contributed by atoms with Crippen LogP contribution in [-0.4, -0.2) is 24.2 Å². The number of fused-ring (bicyclic) bond motifs is 2. The second kappa shape index (κ2) is 6.37. The monoisotopic (exact) mass is 396 g/mol. The Hall–Kier alpha value is -2.44. The number of halogens is 2. The fourth-order valence-corrected chi connectivity index (χ4v) is 3.38. The number of esters is 2. The molecule has 2 aromatic carbocycles. The van der Waals surface area contributed by atoms with Crippen molar-refractivity contribution in [3.8, 4) is 23.0 Å². The number of methoxy groups -OCH3 is 1. The number of phenolic OH excluding ortho intramolecular Hbond substituents is 1. The molecular weight excluding hydrogens is 383 g/mol. The fraction of sp³-hybridized carbons (Fsp3) is 0.222. The van der Waals surface area contributed by atoms with Crippen LogP contribution < -0.4 is 9.47 Å². The highest BCUT2D eigenvalue weighted by Gasteiger charge is 2.33. The first-order valence-electron chi connectivity index (χ1n) is 7.52. The van der Waals surface area contributed by atoms with Crippen molar-refractivity contribution in [3.05, 3.63) is 43.9 Å². The molecule has 0 aliphatic carbocycles. The summed E-state index contributed by atoms with van der Waals surface area (Å²) in [6.07, 6.45) is 0. The van der Waals surface area contributed by atoms with E-state index in [-0.39, 0.29) is 44.0 Å². The van der Waals surface area contributed by atoms with Crippen LogP contribution in [0.15, 0.2) is 6.07 Å². The zero-order chi connectivity index (χ0) is 19.3. The highest BCUT2D eigenvalue weighted by molar-refractivity contribution is 6.39. The van der Waals surface area contributed by atoms with Gasteiger partial charge < -0.3 is 19.3 Å². The van der Waals surface area contributed by atoms with E-state index in [1.165, 1.54) is 20.1 Å². The van der Waals surface area contributed by atoms with Crippen LogP contribution in [0.25, 0.3) is 0 Å².